The van der Waals surface area contributed by atoms with E-state index in [4.69, 9.17) is 0 Å². The molecule has 0 aliphatic carbocycles. The van der Waals surface area contributed by atoms with E-state index < -0.39 is 10.0 Å². The predicted octanol–water partition coefficient (Wildman–Crippen LogP) is 1.84. The molecule has 3 rings (SSSR count). The Kier molecular flexibility index (Phi) is 4.68. The minimum Gasteiger partial charge on any atom is -0.310 e. The first-order valence-corrected chi connectivity index (χ1v) is 9.76. The van der Waals surface area contributed by atoms with Crippen LogP contribution < -0.4 is 10.0 Å². The summed E-state index contributed by atoms with van der Waals surface area (Å²) in [4.78, 5) is 24.3. The maximum Gasteiger partial charge on any atom is 0.249 e. The van der Waals surface area contributed by atoms with Crippen molar-refractivity contribution in [1.29, 1.82) is 0 Å². The minimum atomic E-state index is -3.65. The van der Waals surface area contributed by atoms with E-state index in [-0.39, 0.29) is 41.9 Å². The summed E-state index contributed by atoms with van der Waals surface area (Å²) in [5.41, 5.74) is 2.25. The second kappa shape index (κ2) is 6.65. The summed E-state index contributed by atoms with van der Waals surface area (Å²) in [5, 5.41) is 6.96. The van der Waals surface area contributed by atoms with Crippen LogP contribution in [-0.4, -0.2) is 36.6 Å². The van der Waals surface area contributed by atoms with E-state index in [9.17, 15) is 18.0 Å². The molecule has 0 spiro atoms. The third kappa shape index (κ3) is 3.15. The molecule has 8 nitrogen and oxygen atoms in total. The number of nitrogens with zero attached hydrogens (tertiary/aromatic N) is 2. The first-order valence-electron chi connectivity index (χ1n) is 8.28. The molecule has 2 aromatic rings. The highest BCUT2D eigenvalue weighted by Crippen LogP contribution is 2.34. The SMILES string of the molecule is CCNS(=O)(=O)c1cc(-c2c(C)nn3c2NC(=O)CCC3=O)ccc1C. The van der Waals surface area contributed by atoms with Gasteiger partial charge < -0.3 is 5.32 Å². The summed E-state index contributed by atoms with van der Waals surface area (Å²) in [6, 6.07) is 5.00. The van der Waals surface area contributed by atoms with E-state index in [0.29, 0.717) is 22.4 Å². The zero-order valence-electron chi connectivity index (χ0n) is 14.8. The summed E-state index contributed by atoms with van der Waals surface area (Å²) < 4.78 is 28.6. The number of fused-ring (bicyclic) bond motifs is 1. The normalized spacial score (nSPS) is 14.7. The third-order valence-electron chi connectivity index (χ3n) is 4.22. The van der Waals surface area contributed by atoms with Gasteiger partial charge in [0.25, 0.3) is 0 Å². The van der Waals surface area contributed by atoms with Gasteiger partial charge in [-0.2, -0.15) is 9.78 Å². The van der Waals surface area contributed by atoms with Crippen LogP contribution in [0.15, 0.2) is 23.1 Å². The Balaban J connectivity index is 2.20. The quantitative estimate of drug-likeness (QED) is 0.846. The molecule has 0 fully saturated rings. The molecule has 1 amide bonds. The van der Waals surface area contributed by atoms with E-state index in [1.165, 1.54) is 4.68 Å². The van der Waals surface area contributed by atoms with E-state index >= 15 is 0 Å². The molecule has 1 aromatic heterocycles. The number of carbonyl (C=O) groups excluding carboxylic acids is 2. The summed E-state index contributed by atoms with van der Waals surface area (Å²) in [6.07, 6.45) is 0.169. The van der Waals surface area contributed by atoms with Gasteiger partial charge >= 0.3 is 0 Å². The third-order valence-corrected chi connectivity index (χ3v) is 5.91. The molecule has 0 saturated carbocycles. The molecule has 1 aliphatic heterocycles. The topological polar surface area (TPSA) is 110 Å². The number of anilines is 1. The molecular weight excluding hydrogens is 356 g/mol. The van der Waals surface area contributed by atoms with Gasteiger partial charge in [0.1, 0.15) is 5.82 Å². The summed E-state index contributed by atoms with van der Waals surface area (Å²) in [5.74, 6) is -0.267. The molecule has 0 saturated heterocycles. The molecule has 0 unspecified atom stereocenters. The molecular formula is C17H20N4O4S. The summed E-state index contributed by atoms with van der Waals surface area (Å²) >= 11 is 0. The average Bonchev–Trinajstić information content (AvgIpc) is 2.82. The Morgan fingerprint density at radius 3 is 2.65 bits per heavy atom. The molecule has 0 radical (unpaired) electrons. The molecule has 138 valence electrons. The van der Waals surface area contributed by atoms with Crippen LogP contribution in [0.2, 0.25) is 0 Å². The molecule has 2 heterocycles. The summed E-state index contributed by atoms with van der Waals surface area (Å²) in [6.45, 7) is 5.41. The van der Waals surface area contributed by atoms with Gasteiger partial charge in [-0.3, -0.25) is 9.59 Å². The number of carbonyl (C=O) groups is 2. The van der Waals surface area contributed by atoms with Crippen molar-refractivity contribution in [3.8, 4) is 11.1 Å². The number of hydrogen-bond acceptors (Lipinski definition) is 5. The number of sulfonamides is 1. The van der Waals surface area contributed by atoms with Crippen molar-refractivity contribution in [1.82, 2.24) is 14.5 Å². The number of hydrogen-bond donors (Lipinski definition) is 2. The van der Waals surface area contributed by atoms with Crippen molar-refractivity contribution >= 4 is 27.7 Å². The highest BCUT2D eigenvalue weighted by atomic mass is 32.2. The van der Waals surface area contributed by atoms with Crippen molar-refractivity contribution < 1.29 is 18.0 Å². The van der Waals surface area contributed by atoms with Crippen molar-refractivity contribution in [2.75, 3.05) is 11.9 Å². The van der Waals surface area contributed by atoms with Gasteiger partial charge in [-0.25, -0.2) is 13.1 Å². The lowest BCUT2D eigenvalue weighted by Crippen LogP contribution is -2.24. The number of amides is 1. The number of benzene rings is 1. The Bertz CT molecular complexity index is 1010. The zero-order chi connectivity index (χ0) is 19.1. The maximum absolute atomic E-state index is 12.5. The smallest absolute Gasteiger partial charge is 0.249 e. The Morgan fingerprint density at radius 1 is 1.23 bits per heavy atom. The molecule has 26 heavy (non-hydrogen) atoms. The van der Waals surface area contributed by atoms with E-state index in [2.05, 4.69) is 15.1 Å². The van der Waals surface area contributed by atoms with Crippen LogP contribution in [0.4, 0.5) is 5.82 Å². The van der Waals surface area contributed by atoms with Gasteiger partial charge in [-0.15, -0.1) is 0 Å². The van der Waals surface area contributed by atoms with Crippen molar-refractivity contribution in [3.05, 3.63) is 29.5 Å². The van der Waals surface area contributed by atoms with Crippen molar-refractivity contribution in [2.45, 2.75) is 38.5 Å². The number of rotatable bonds is 4. The highest BCUT2D eigenvalue weighted by Gasteiger charge is 2.27. The zero-order valence-corrected chi connectivity index (χ0v) is 15.6. The minimum absolute atomic E-state index is 0.0767. The maximum atomic E-state index is 12.5. The van der Waals surface area contributed by atoms with Gasteiger partial charge in [0, 0.05) is 24.9 Å². The lowest BCUT2D eigenvalue weighted by Gasteiger charge is -2.11. The first-order chi connectivity index (χ1) is 12.2. The van der Waals surface area contributed by atoms with E-state index in [0.717, 1.165) is 0 Å². The van der Waals surface area contributed by atoms with Crippen LogP contribution in [0.25, 0.3) is 11.1 Å². The number of aromatic nitrogens is 2. The highest BCUT2D eigenvalue weighted by molar-refractivity contribution is 7.89. The fraction of sp³-hybridized carbons (Fsp3) is 0.353. The van der Waals surface area contributed by atoms with Crippen LogP contribution in [0, 0.1) is 13.8 Å². The second-order valence-corrected chi connectivity index (χ2v) is 7.88. The number of aryl methyl sites for hydroxylation is 2. The van der Waals surface area contributed by atoms with Gasteiger partial charge in [0.05, 0.1) is 10.6 Å². The monoisotopic (exact) mass is 376 g/mol. The number of nitrogens with one attached hydrogen (secondary N) is 2. The molecule has 2 N–H and O–H groups in total. The summed E-state index contributed by atoms with van der Waals surface area (Å²) in [7, 11) is -3.65. The molecule has 9 heteroatoms. The lowest BCUT2D eigenvalue weighted by molar-refractivity contribution is -0.116. The lowest BCUT2D eigenvalue weighted by atomic mass is 10.0. The van der Waals surface area contributed by atoms with Crippen molar-refractivity contribution in [3.63, 3.8) is 0 Å². The Labute approximate surface area is 151 Å². The standard InChI is InChI=1S/C17H20N4O4S/c1-4-18-26(24,25)13-9-12(6-5-10(13)2)16-11(3)20-21-15(23)8-7-14(22)19-17(16)21/h5-6,9,18H,4,7-8H2,1-3H3,(H,19,22). The van der Waals surface area contributed by atoms with E-state index in [1.807, 2.05) is 0 Å². The molecule has 0 bridgehead atoms. The van der Waals surface area contributed by atoms with Gasteiger partial charge in [0.2, 0.25) is 21.8 Å². The molecule has 1 aliphatic rings. The van der Waals surface area contributed by atoms with Gasteiger partial charge in [0.15, 0.2) is 0 Å². The average molecular weight is 376 g/mol. The van der Waals surface area contributed by atoms with Crippen LogP contribution in [0.1, 0.15) is 35.8 Å². The first kappa shape index (κ1) is 18.3. The fourth-order valence-corrected chi connectivity index (χ4v) is 4.31. The van der Waals surface area contributed by atoms with Crippen LogP contribution in [-0.2, 0) is 14.8 Å². The van der Waals surface area contributed by atoms with Crippen LogP contribution >= 0.6 is 0 Å². The Hall–Kier alpha value is -2.52. The molecule has 1 aromatic carbocycles. The van der Waals surface area contributed by atoms with Crippen LogP contribution in [0.3, 0.4) is 0 Å². The van der Waals surface area contributed by atoms with Crippen LogP contribution in [0.5, 0.6) is 0 Å². The van der Waals surface area contributed by atoms with Gasteiger partial charge in [-0.1, -0.05) is 19.1 Å². The Morgan fingerprint density at radius 2 is 1.96 bits per heavy atom. The second-order valence-electron chi connectivity index (χ2n) is 6.14. The van der Waals surface area contributed by atoms with Crippen molar-refractivity contribution in [2.24, 2.45) is 0 Å². The van der Waals surface area contributed by atoms with Gasteiger partial charge in [-0.05, 0) is 31.0 Å². The molecule has 0 atom stereocenters. The van der Waals surface area contributed by atoms with E-state index in [1.54, 1.807) is 39.0 Å². The largest absolute Gasteiger partial charge is 0.310 e. The predicted molar refractivity (Wildman–Crippen MR) is 96.5 cm³/mol. The fourth-order valence-electron chi connectivity index (χ4n) is 3.00.